The predicted molar refractivity (Wildman–Crippen MR) is 78.2 cm³/mol. The van der Waals surface area contributed by atoms with Crippen LogP contribution in [0.25, 0.3) is 4.96 Å². The summed E-state index contributed by atoms with van der Waals surface area (Å²) < 4.78 is 30.5. The Labute approximate surface area is 124 Å². The zero-order valence-electron chi connectivity index (χ0n) is 11.2. The molecule has 1 N–H and O–H groups in total. The summed E-state index contributed by atoms with van der Waals surface area (Å²) in [5.74, 6) is 0.149. The number of aromatic nitrogens is 2. The van der Waals surface area contributed by atoms with Crippen molar-refractivity contribution in [2.45, 2.75) is 20.1 Å². The Balaban J connectivity index is 1.70. The number of nitrogens with zero attached hydrogens (tertiary/aromatic N) is 2. The summed E-state index contributed by atoms with van der Waals surface area (Å²) >= 11 is 1.59. The van der Waals surface area contributed by atoms with Gasteiger partial charge in [0, 0.05) is 17.3 Å². The lowest BCUT2D eigenvalue weighted by Crippen LogP contribution is -2.04. The number of benzene rings is 1. The molecular weight excluding hydrogens is 296 g/mol. The monoisotopic (exact) mass is 309 g/mol. The molecule has 2 heterocycles. The molecule has 3 rings (SSSR count). The molecule has 0 saturated heterocycles. The SMILES string of the molecule is Cc1nc2sccn2c1CNc1ccc(OC(F)F)cc1. The standard InChI is InChI=1S/C14H13F2N3OS/c1-9-12(19-6-7-21-14(19)18-9)8-17-10-2-4-11(5-3-10)20-13(15)16/h2-7,13,17H,8H2,1H3. The van der Waals surface area contributed by atoms with E-state index in [0.29, 0.717) is 6.54 Å². The summed E-state index contributed by atoms with van der Waals surface area (Å²) in [4.78, 5) is 5.43. The van der Waals surface area contributed by atoms with Crippen LogP contribution in [0.2, 0.25) is 0 Å². The lowest BCUT2D eigenvalue weighted by Gasteiger charge is -2.08. The normalized spacial score (nSPS) is 11.2. The van der Waals surface area contributed by atoms with Crippen molar-refractivity contribution < 1.29 is 13.5 Å². The van der Waals surface area contributed by atoms with Crippen LogP contribution in [0, 0.1) is 6.92 Å². The van der Waals surface area contributed by atoms with Gasteiger partial charge in [-0.3, -0.25) is 4.40 Å². The van der Waals surface area contributed by atoms with Crippen molar-refractivity contribution in [2.75, 3.05) is 5.32 Å². The third-order valence-electron chi connectivity index (χ3n) is 3.10. The van der Waals surface area contributed by atoms with Gasteiger partial charge in [0.15, 0.2) is 4.96 Å². The molecule has 0 saturated carbocycles. The molecule has 0 fully saturated rings. The largest absolute Gasteiger partial charge is 0.435 e. The maximum absolute atomic E-state index is 12.1. The highest BCUT2D eigenvalue weighted by molar-refractivity contribution is 7.15. The molecule has 4 nitrogen and oxygen atoms in total. The van der Waals surface area contributed by atoms with Crippen LogP contribution in [0.15, 0.2) is 35.8 Å². The van der Waals surface area contributed by atoms with Gasteiger partial charge >= 0.3 is 6.61 Å². The molecule has 0 radical (unpaired) electrons. The second kappa shape index (κ2) is 5.69. The first kappa shape index (κ1) is 13.8. The topological polar surface area (TPSA) is 38.6 Å². The van der Waals surface area contributed by atoms with Crippen molar-refractivity contribution in [1.29, 1.82) is 0 Å². The minimum Gasteiger partial charge on any atom is -0.435 e. The number of hydrogen-bond acceptors (Lipinski definition) is 4. The van der Waals surface area contributed by atoms with E-state index in [4.69, 9.17) is 0 Å². The second-order valence-electron chi connectivity index (χ2n) is 4.46. The first-order valence-corrected chi connectivity index (χ1v) is 7.21. The van der Waals surface area contributed by atoms with Crippen LogP contribution in [-0.2, 0) is 6.54 Å². The van der Waals surface area contributed by atoms with E-state index in [0.717, 1.165) is 22.0 Å². The van der Waals surface area contributed by atoms with Crippen molar-refractivity contribution in [1.82, 2.24) is 9.38 Å². The number of thiazole rings is 1. The van der Waals surface area contributed by atoms with E-state index >= 15 is 0 Å². The van der Waals surface area contributed by atoms with Gasteiger partial charge in [0.2, 0.25) is 0 Å². The molecule has 0 spiro atoms. The van der Waals surface area contributed by atoms with Crippen molar-refractivity contribution in [2.24, 2.45) is 0 Å². The zero-order chi connectivity index (χ0) is 14.8. The number of fused-ring (bicyclic) bond motifs is 1. The van der Waals surface area contributed by atoms with Gasteiger partial charge in [-0.1, -0.05) is 0 Å². The molecule has 0 aliphatic rings. The number of rotatable bonds is 5. The lowest BCUT2D eigenvalue weighted by atomic mass is 10.3. The van der Waals surface area contributed by atoms with Crippen LogP contribution in [0.4, 0.5) is 14.5 Å². The molecule has 3 aromatic rings. The smallest absolute Gasteiger partial charge is 0.387 e. The summed E-state index contributed by atoms with van der Waals surface area (Å²) in [6, 6.07) is 6.44. The van der Waals surface area contributed by atoms with Crippen LogP contribution in [0.3, 0.4) is 0 Å². The van der Waals surface area contributed by atoms with Crippen molar-refractivity contribution in [3.8, 4) is 5.75 Å². The Morgan fingerprint density at radius 3 is 2.81 bits per heavy atom. The van der Waals surface area contributed by atoms with E-state index < -0.39 is 6.61 Å². The molecule has 0 aliphatic heterocycles. The number of ether oxygens (including phenoxy) is 1. The van der Waals surface area contributed by atoms with E-state index in [1.54, 1.807) is 23.5 Å². The summed E-state index contributed by atoms with van der Waals surface area (Å²) in [7, 11) is 0. The van der Waals surface area contributed by atoms with Gasteiger partial charge in [-0.05, 0) is 31.2 Å². The van der Waals surface area contributed by atoms with Gasteiger partial charge in [-0.15, -0.1) is 11.3 Å². The lowest BCUT2D eigenvalue weighted by molar-refractivity contribution is -0.0498. The zero-order valence-corrected chi connectivity index (χ0v) is 12.0. The third kappa shape index (κ3) is 2.97. The van der Waals surface area contributed by atoms with E-state index in [1.807, 2.05) is 22.9 Å². The Hall–Kier alpha value is -2.15. The van der Waals surface area contributed by atoms with Crippen LogP contribution < -0.4 is 10.1 Å². The first-order chi connectivity index (χ1) is 10.1. The van der Waals surface area contributed by atoms with Gasteiger partial charge < -0.3 is 10.1 Å². The van der Waals surface area contributed by atoms with Gasteiger partial charge in [0.25, 0.3) is 0 Å². The number of anilines is 1. The maximum atomic E-state index is 12.1. The molecule has 0 atom stereocenters. The Bertz CT molecular complexity index is 736. The molecule has 2 aromatic heterocycles. The molecule has 0 bridgehead atoms. The van der Waals surface area contributed by atoms with E-state index in [1.165, 1.54) is 12.1 Å². The van der Waals surface area contributed by atoms with Gasteiger partial charge in [0.1, 0.15) is 5.75 Å². The number of imidazole rings is 1. The van der Waals surface area contributed by atoms with Crippen LogP contribution in [-0.4, -0.2) is 16.0 Å². The number of nitrogens with one attached hydrogen (secondary N) is 1. The summed E-state index contributed by atoms with van der Waals surface area (Å²) in [5.41, 5.74) is 2.90. The predicted octanol–water partition coefficient (Wildman–Crippen LogP) is 3.92. The second-order valence-corrected chi connectivity index (χ2v) is 5.33. The van der Waals surface area contributed by atoms with E-state index in [9.17, 15) is 8.78 Å². The van der Waals surface area contributed by atoms with E-state index in [2.05, 4.69) is 15.0 Å². The van der Waals surface area contributed by atoms with Crippen LogP contribution in [0.1, 0.15) is 11.4 Å². The molecule has 110 valence electrons. The third-order valence-corrected chi connectivity index (χ3v) is 3.86. The molecule has 7 heteroatoms. The molecular formula is C14H13F2N3OS. The quantitative estimate of drug-likeness (QED) is 0.776. The molecule has 0 aliphatic carbocycles. The van der Waals surface area contributed by atoms with Gasteiger partial charge in [-0.25, -0.2) is 4.98 Å². The van der Waals surface area contributed by atoms with Gasteiger partial charge in [0.05, 0.1) is 17.9 Å². The minimum absolute atomic E-state index is 0.149. The highest BCUT2D eigenvalue weighted by Gasteiger charge is 2.09. The fourth-order valence-electron chi connectivity index (χ4n) is 2.09. The molecule has 0 amide bonds. The average molecular weight is 309 g/mol. The highest BCUT2D eigenvalue weighted by Crippen LogP contribution is 2.20. The molecule has 21 heavy (non-hydrogen) atoms. The fraction of sp³-hybridized carbons (Fsp3) is 0.214. The highest BCUT2D eigenvalue weighted by atomic mass is 32.1. The number of alkyl halides is 2. The fourth-order valence-corrected chi connectivity index (χ4v) is 2.87. The first-order valence-electron chi connectivity index (χ1n) is 6.33. The van der Waals surface area contributed by atoms with Crippen molar-refractivity contribution >= 4 is 22.0 Å². The van der Waals surface area contributed by atoms with Crippen molar-refractivity contribution in [3.63, 3.8) is 0 Å². The van der Waals surface area contributed by atoms with Crippen molar-refractivity contribution in [3.05, 3.63) is 47.2 Å². The Morgan fingerprint density at radius 2 is 2.10 bits per heavy atom. The summed E-state index contributed by atoms with van der Waals surface area (Å²) in [5, 5.41) is 5.24. The Kier molecular flexibility index (Phi) is 3.74. The average Bonchev–Trinajstić information content (AvgIpc) is 2.98. The molecule has 0 unspecified atom stereocenters. The molecule has 1 aromatic carbocycles. The maximum Gasteiger partial charge on any atom is 0.387 e. The number of halogens is 2. The van der Waals surface area contributed by atoms with Gasteiger partial charge in [-0.2, -0.15) is 8.78 Å². The minimum atomic E-state index is -2.80. The number of hydrogen-bond donors (Lipinski definition) is 1. The summed E-state index contributed by atoms with van der Waals surface area (Å²) in [6.45, 7) is -0.222. The van der Waals surface area contributed by atoms with E-state index in [-0.39, 0.29) is 5.75 Å². The number of aryl methyl sites for hydroxylation is 1. The Morgan fingerprint density at radius 1 is 1.33 bits per heavy atom. The van der Waals surface area contributed by atoms with Crippen LogP contribution in [0.5, 0.6) is 5.75 Å². The summed E-state index contributed by atoms with van der Waals surface area (Å²) in [6.07, 6.45) is 1.98. The van der Waals surface area contributed by atoms with Crippen LogP contribution >= 0.6 is 11.3 Å².